The van der Waals surface area contributed by atoms with Crippen molar-refractivity contribution in [1.29, 1.82) is 0 Å². The fourth-order valence-electron chi connectivity index (χ4n) is 1.55. The van der Waals surface area contributed by atoms with E-state index in [2.05, 4.69) is 5.32 Å². The number of hydrogen-bond acceptors (Lipinski definition) is 4. The van der Waals surface area contributed by atoms with E-state index >= 15 is 0 Å². The Morgan fingerprint density at radius 1 is 1.33 bits per heavy atom. The Hall–Kier alpha value is -1.37. The summed E-state index contributed by atoms with van der Waals surface area (Å²) in [6.45, 7) is 0.425. The predicted molar refractivity (Wildman–Crippen MR) is 61.3 cm³/mol. The van der Waals surface area contributed by atoms with E-state index in [4.69, 9.17) is 0 Å². The lowest BCUT2D eigenvalue weighted by molar-refractivity contribution is 0.0118. The zero-order valence-corrected chi connectivity index (χ0v) is 9.86. The summed E-state index contributed by atoms with van der Waals surface area (Å²) in [5, 5.41) is 22.1. The van der Waals surface area contributed by atoms with E-state index in [-0.39, 0.29) is 18.3 Å². The average Bonchev–Trinajstić information content (AvgIpc) is 2.37. The molecule has 0 spiro atoms. The molecular weight excluding hydrogens is 244 g/mol. The van der Waals surface area contributed by atoms with E-state index in [1.807, 2.05) is 0 Å². The summed E-state index contributed by atoms with van der Waals surface area (Å²) in [5.74, 6) is -1.85. The molecule has 0 radical (unpaired) electrons. The molecule has 0 aliphatic heterocycles. The molecule has 0 aliphatic carbocycles. The van der Waals surface area contributed by atoms with Crippen molar-refractivity contribution in [2.75, 3.05) is 13.6 Å². The van der Waals surface area contributed by atoms with Gasteiger partial charge in [0.2, 0.25) is 0 Å². The lowest BCUT2D eigenvalue weighted by atomic mass is 10.00. The first kappa shape index (κ1) is 14.7. The maximum atomic E-state index is 13.5. The van der Waals surface area contributed by atoms with Crippen LogP contribution < -0.4 is 5.32 Å². The Kier molecular flexibility index (Phi) is 5.33. The largest absolute Gasteiger partial charge is 0.390 e. The van der Waals surface area contributed by atoms with Crippen molar-refractivity contribution in [3.8, 4) is 0 Å². The molecule has 1 rings (SSSR count). The quantitative estimate of drug-likeness (QED) is 0.660. The standard InChI is InChI=1S/C12H15F2NO3/c1-15-3-2-11(17)12(18)8-5-9(13)7(6-16)4-10(8)14/h4-6,11-12,15,17-18H,2-3H2,1H3. The molecule has 0 amide bonds. The molecule has 1 aromatic rings. The molecule has 100 valence electrons. The van der Waals surface area contributed by atoms with E-state index in [1.54, 1.807) is 7.05 Å². The van der Waals surface area contributed by atoms with Crippen LogP contribution in [0.15, 0.2) is 12.1 Å². The van der Waals surface area contributed by atoms with E-state index in [9.17, 15) is 23.8 Å². The fraction of sp³-hybridized carbons (Fsp3) is 0.417. The first-order chi connectivity index (χ1) is 8.51. The first-order valence-corrected chi connectivity index (χ1v) is 5.46. The van der Waals surface area contributed by atoms with Gasteiger partial charge in [0.1, 0.15) is 17.7 Å². The SMILES string of the molecule is CNCCC(O)C(O)c1cc(F)c(C=O)cc1F. The second-order valence-electron chi connectivity index (χ2n) is 3.92. The highest BCUT2D eigenvalue weighted by atomic mass is 19.1. The smallest absolute Gasteiger partial charge is 0.153 e. The summed E-state index contributed by atoms with van der Waals surface area (Å²) in [5.41, 5.74) is -0.783. The molecule has 2 unspecified atom stereocenters. The first-order valence-electron chi connectivity index (χ1n) is 5.46. The highest BCUT2D eigenvalue weighted by molar-refractivity contribution is 5.75. The van der Waals surface area contributed by atoms with Crippen LogP contribution in [-0.2, 0) is 0 Å². The molecule has 4 nitrogen and oxygen atoms in total. The number of aliphatic hydroxyl groups excluding tert-OH is 2. The third kappa shape index (κ3) is 3.32. The lowest BCUT2D eigenvalue weighted by Crippen LogP contribution is -2.24. The van der Waals surface area contributed by atoms with Gasteiger partial charge in [-0.2, -0.15) is 0 Å². The number of benzene rings is 1. The minimum Gasteiger partial charge on any atom is -0.390 e. The van der Waals surface area contributed by atoms with Gasteiger partial charge in [-0.25, -0.2) is 8.78 Å². The van der Waals surface area contributed by atoms with Crippen LogP contribution in [0.2, 0.25) is 0 Å². The monoisotopic (exact) mass is 259 g/mol. The van der Waals surface area contributed by atoms with Crippen LogP contribution in [0, 0.1) is 11.6 Å². The Balaban J connectivity index is 2.95. The van der Waals surface area contributed by atoms with Crippen molar-refractivity contribution in [1.82, 2.24) is 5.32 Å². The van der Waals surface area contributed by atoms with Gasteiger partial charge in [-0.3, -0.25) is 4.79 Å². The molecule has 0 fully saturated rings. The lowest BCUT2D eigenvalue weighted by Gasteiger charge is -2.18. The fourth-order valence-corrected chi connectivity index (χ4v) is 1.55. The molecule has 0 bridgehead atoms. The second-order valence-corrected chi connectivity index (χ2v) is 3.92. The Labute approximate surface area is 103 Å². The third-order valence-corrected chi connectivity index (χ3v) is 2.62. The molecule has 0 saturated heterocycles. The molecule has 6 heteroatoms. The maximum absolute atomic E-state index is 13.5. The molecule has 3 N–H and O–H groups in total. The van der Waals surface area contributed by atoms with Crippen molar-refractivity contribution in [2.45, 2.75) is 18.6 Å². The Bertz CT molecular complexity index is 426. The molecular formula is C12H15F2NO3. The highest BCUT2D eigenvalue weighted by Gasteiger charge is 2.22. The van der Waals surface area contributed by atoms with Gasteiger partial charge in [-0.1, -0.05) is 0 Å². The number of carbonyl (C=O) groups is 1. The number of halogens is 2. The van der Waals surface area contributed by atoms with E-state index in [0.29, 0.717) is 12.6 Å². The van der Waals surface area contributed by atoms with Crippen molar-refractivity contribution < 1.29 is 23.8 Å². The zero-order chi connectivity index (χ0) is 13.7. The van der Waals surface area contributed by atoms with Crippen LogP contribution in [-0.4, -0.2) is 36.2 Å². The molecule has 18 heavy (non-hydrogen) atoms. The second kappa shape index (κ2) is 6.53. The van der Waals surface area contributed by atoms with Gasteiger partial charge in [-0.05, 0) is 32.1 Å². The normalized spacial score (nSPS) is 14.3. The average molecular weight is 259 g/mol. The van der Waals surface area contributed by atoms with E-state index < -0.39 is 29.4 Å². The third-order valence-electron chi connectivity index (χ3n) is 2.62. The zero-order valence-electron chi connectivity index (χ0n) is 9.86. The van der Waals surface area contributed by atoms with Gasteiger partial charge in [0.05, 0.1) is 11.7 Å². The topological polar surface area (TPSA) is 69.6 Å². The number of carbonyl (C=O) groups excluding carboxylic acids is 1. The van der Waals surface area contributed by atoms with Crippen molar-refractivity contribution >= 4 is 6.29 Å². The van der Waals surface area contributed by atoms with E-state index in [1.165, 1.54) is 0 Å². The molecule has 0 aliphatic rings. The summed E-state index contributed by atoms with van der Waals surface area (Å²) in [4.78, 5) is 10.4. The Morgan fingerprint density at radius 2 is 2.00 bits per heavy atom. The maximum Gasteiger partial charge on any atom is 0.153 e. The molecule has 0 aromatic heterocycles. The van der Waals surface area contributed by atoms with Crippen LogP contribution >= 0.6 is 0 Å². The molecule has 1 aromatic carbocycles. The predicted octanol–water partition coefficient (Wildman–Crippen LogP) is 0.781. The summed E-state index contributed by atoms with van der Waals surface area (Å²) in [6, 6.07) is 1.43. The number of aldehydes is 1. The molecule has 0 saturated carbocycles. The number of rotatable bonds is 6. The van der Waals surface area contributed by atoms with Crippen LogP contribution in [0.3, 0.4) is 0 Å². The van der Waals surface area contributed by atoms with Gasteiger partial charge in [-0.15, -0.1) is 0 Å². The van der Waals surface area contributed by atoms with Crippen LogP contribution in [0.4, 0.5) is 8.78 Å². The number of nitrogens with one attached hydrogen (secondary N) is 1. The van der Waals surface area contributed by atoms with Gasteiger partial charge in [0.15, 0.2) is 6.29 Å². The van der Waals surface area contributed by atoms with Gasteiger partial charge in [0, 0.05) is 5.56 Å². The Morgan fingerprint density at radius 3 is 2.56 bits per heavy atom. The summed E-state index contributed by atoms with van der Waals surface area (Å²) < 4.78 is 26.8. The van der Waals surface area contributed by atoms with Crippen LogP contribution in [0.5, 0.6) is 0 Å². The highest BCUT2D eigenvalue weighted by Crippen LogP contribution is 2.24. The summed E-state index contributed by atoms with van der Waals surface area (Å²) >= 11 is 0. The van der Waals surface area contributed by atoms with Crippen LogP contribution in [0.1, 0.15) is 28.4 Å². The van der Waals surface area contributed by atoms with E-state index in [0.717, 1.165) is 6.07 Å². The van der Waals surface area contributed by atoms with Gasteiger partial charge >= 0.3 is 0 Å². The molecule has 0 heterocycles. The number of aliphatic hydroxyl groups is 2. The minimum atomic E-state index is -1.53. The minimum absolute atomic E-state index is 0.187. The van der Waals surface area contributed by atoms with Gasteiger partial charge < -0.3 is 15.5 Å². The molecule has 2 atom stereocenters. The van der Waals surface area contributed by atoms with Crippen molar-refractivity contribution in [3.05, 3.63) is 34.9 Å². The van der Waals surface area contributed by atoms with Crippen molar-refractivity contribution in [2.24, 2.45) is 0 Å². The summed E-state index contributed by atoms with van der Waals surface area (Å²) in [6.07, 6.45) is -2.37. The van der Waals surface area contributed by atoms with Crippen molar-refractivity contribution in [3.63, 3.8) is 0 Å². The van der Waals surface area contributed by atoms with Crippen LogP contribution in [0.25, 0.3) is 0 Å². The van der Waals surface area contributed by atoms with Gasteiger partial charge in [0.25, 0.3) is 0 Å². The number of hydrogen-bond donors (Lipinski definition) is 3. The summed E-state index contributed by atoms with van der Waals surface area (Å²) in [7, 11) is 1.66.